The number of nitrogens with one attached hydrogen (secondary N) is 1. The van der Waals surface area contributed by atoms with E-state index in [0.717, 1.165) is 56.5 Å². The average molecular weight is 539 g/mol. The Kier molecular flexibility index (Phi) is 5.97. The number of halogens is 3. The molecule has 1 N–H and O–H groups in total. The summed E-state index contributed by atoms with van der Waals surface area (Å²) in [6.45, 7) is 0. The second-order valence-corrected chi connectivity index (χ2v) is 11.6. The molecule has 3 aliphatic carbocycles. The van der Waals surface area contributed by atoms with Gasteiger partial charge in [0, 0.05) is 29.5 Å². The van der Waals surface area contributed by atoms with Gasteiger partial charge in [-0.1, -0.05) is 5.16 Å². The van der Waals surface area contributed by atoms with E-state index in [4.69, 9.17) is 4.52 Å². The highest BCUT2D eigenvalue weighted by molar-refractivity contribution is 7.89. The van der Waals surface area contributed by atoms with Crippen LogP contribution in [0.3, 0.4) is 0 Å². The molecule has 0 aliphatic heterocycles. The van der Waals surface area contributed by atoms with Crippen LogP contribution in [-0.4, -0.2) is 45.7 Å². The fourth-order valence-electron chi connectivity index (χ4n) is 4.90. The first-order valence-corrected chi connectivity index (χ1v) is 13.8. The van der Waals surface area contributed by atoms with Crippen LogP contribution in [0.1, 0.15) is 81.0 Å². The van der Waals surface area contributed by atoms with Crippen LogP contribution in [0.15, 0.2) is 33.9 Å². The standard InChI is InChI=1S/C23H25F3N6O4S/c24-23(25,26)35-18-10-15(20-28-22(36-30-20)14-6-7-14)8-9-19(18)37(33,34)31-16-2-1-3-17(11-16)32-12-27-29-21(32)13-4-5-13/h8-10,12-14,16-17,31H,1-7,11H2/t16-,17+/m0/s1. The SMILES string of the molecule is O=S(=O)(N[C@H]1CCC[C@@H](n2cnnc2C2CC2)C1)c1ccc(-c2noc(C3CC3)n2)cc1OC(F)(F)F. The van der Waals surface area contributed by atoms with Gasteiger partial charge in [0.05, 0.1) is 0 Å². The summed E-state index contributed by atoms with van der Waals surface area (Å²) in [5.41, 5.74) is 0.159. The van der Waals surface area contributed by atoms with Crippen molar-refractivity contribution < 1.29 is 30.8 Å². The van der Waals surface area contributed by atoms with Gasteiger partial charge in [0.2, 0.25) is 21.7 Å². The van der Waals surface area contributed by atoms with Crippen molar-refractivity contribution in [1.82, 2.24) is 29.6 Å². The van der Waals surface area contributed by atoms with Gasteiger partial charge in [-0.05, 0) is 69.6 Å². The molecule has 3 fully saturated rings. The molecule has 0 saturated heterocycles. The highest BCUT2D eigenvalue weighted by atomic mass is 32.2. The van der Waals surface area contributed by atoms with Crippen molar-refractivity contribution in [2.75, 3.05) is 0 Å². The lowest BCUT2D eigenvalue weighted by Gasteiger charge is -2.31. The minimum Gasteiger partial charge on any atom is -0.404 e. The number of sulfonamides is 1. The number of hydrogen-bond acceptors (Lipinski definition) is 8. The summed E-state index contributed by atoms with van der Waals surface area (Å²) in [5.74, 6) is 1.10. The van der Waals surface area contributed by atoms with Crippen LogP contribution in [-0.2, 0) is 10.0 Å². The van der Waals surface area contributed by atoms with Crippen molar-refractivity contribution in [3.63, 3.8) is 0 Å². The number of benzene rings is 1. The molecule has 2 heterocycles. The molecule has 6 rings (SSSR count). The van der Waals surface area contributed by atoms with Crippen LogP contribution in [0, 0.1) is 0 Å². The molecular formula is C23H25F3N6O4S. The van der Waals surface area contributed by atoms with Gasteiger partial charge in [0.15, 0.2) is 0 Å². The first-order chi connectivity index (χ1) is 17.7. The highest BCUT2D eigenvalue weighted by Crippen LogP contribution is 2.42. The van der Waals surface area contributed by atoms with E-state index in [0.29, 0.717) is 24.7 Å². The van der Waals surface area contributed by atoms with Crippen molar-refractivity contribution in [2.24, 2.45) is 0 Å². The molecule has 0 spiro atoms. The van der Waals surface area contributed by atoms with E-state index in [-0.39, 0.29) is 23.3 Å². The Morgan fingerprint density at radius 1 is 1.08 bits per heavy atom. The number of aromatic nitrogens is 5. The van der Waals surface area contributed by atoms with Crippen molar-refractivity contribution in [3.8, 4) is 17.1 Å². The lowest BCUT2D eigenvalue weighted by atomic mass is 9.91. The predicted molar refractivity (Wildman–Crippen MR) is 122 cm³/mol. The summed E-state index contributed by atoms with van der Waals surface area (Å²) in [6.07, 6.45) is 3.18. The summed E-state index contributed by atoms with van der Waals surface area (Å²) >= 11 is 0. The van der Waals surface area contributed by atoms with Gasteiger partial charge in [-0.25, -0.2) is 13.1 Å². The summed E-state index contributed by atoms with van der Waals surface area (Å²) in [7, 11) is -4.35. The molecule has 2 aromatic heterocycles. The maximum atomic E-state index is 13.3. The summed E-state index contributed by atoms with van der Waals surface area (Å²) in [4.78, 5) is 3.62. The van der Waals surface area contributed by atoms with Gasteiger partial charge in [-0.2, -0.15) is 4.98 Å². The van der Waals surface area contributed by atoms with Crippen LogP contribution < -0.4 is 9.46 Å². The minimum absolute atomic E-state index is 0.0132. The van der Waals surface area contributed by atoms with Crippen LogP contribution in [0.25, 0.3) is 11.4 Å². The Balaban J connectivity index is 1.24. The molecule has 10 nitrogen and oxygen atoms in total. The second kappa shape index (κ2) is 9.08. The quantitative estimate of drug-likeness (QED) is 0.446. The van der Waals surface area contributed by atoms with Gasteiger partial charge in [0.25, 0.3) is 0 Å². The van der Waals surface area contributed by atoms with E-state index in [9.17, 15) is 21.6 Å². The molecular weight excluding hydrogens is 513 g/mol. The Morgan fingerprint density at radius 2 is 1.86 bits per heavy atom. The summed E-state index contributed by atoms with van der Waals surface area (Å²) < 4.78 is 80.2. The molecule has 2 atom stereocenters. The van der Waals surface area contributed by atoms with Crippen molar-refractivity contribution in [3.05, 3.63) is 36.2 Å². The van der Waals surface area contributed by atoms with Crippen LogP contribution in [0.5, 0.6) is 5.75 Å². The Hall–Kier alpha value is -3.00. The zero-order valence-electron chi connectivity index (χ0n) is 19.7. The van der Waals surface area contributed by atoms with Crippen molar-refractivity contribution in [1.29, 1.82) is 0 Å². The maximum absolute atomic E-state index is 13.3. The predicted octanol–water partition coefficient (Wildman–Crippen LogP) is 4.44. The third-order valence-corrected chi connectivity index (χ3v) is 8.55. The molecule has 198 valence electrons. The molecule has 14 heteroatoms. The van der Waals surface area contributed by atoms with E-state index in [2.05, 4.69) is 29.8 Å². The summed E-state index contributed by atoms with van der Waals surface area (Å²) in [6, 6.07) is 2.96. The van der Waals surface area contributed by atoms with E-state index in [1.807, 2.05) is 4.57 Å². The number of hydrogen-bond donors (Lipinski definition) is 1. The third kappa shape index (κ3) is 5.35. The Labute approximate surface area is 210 Å². The van der Waals surface area contributed by atoms with E-state index in [1.54, 1.807) is 6.33 Å². The van der Waals surface area contributed by atoms with Gasteiger partial charge < -0.3 is 13.8 Å². The molecule has 37 heavy (non-hydrogen) atoms. The zero-order valence-corrected chi connectivity index (χ0v) is 20.5. The van der Waals surface area contributed by atoms with Crippen LogP contribution in [0.2, 0.25) is 0 Å². The number of ether oxygens (including phenoxy) is 1. The Morgan fingerprint density at radius 3 is 2.59 bits per heavy atom. The van der Waals surface area contributed by atoms with Crippen LogP contribution in [0.4, 0.5) is 13.2 Å². The Bertz CT molecular complexity index is 1400. The third-order valence-electron chi connectivity index (χ3n) is 6.99. The number of nitrogens with zero attached hydrogens (tertiary/aromatic N) is 5. The van der Waals surface area contributed by atoms with E-state index < -0.39 is 33.1 Å². The van der Waals surface area contributed by atoms with Crippen LogP contribution >= 0.6 is 0 Å². The normalized spacial score (nSPS) is 22.8. The first-order valence-electron chi connectivity index (χ1n) is 12.3. The van der Waals surface area contributed by atoms with Crippen molar-refractivity contribution in [2.45, 2.75) is 86.5 Å². The largest absolute Gasteiger partial charge is 0.573 e. The monoisotopic (exact) mass is 538 g/mol. The van der Waals surface area contributed by atoms with Gasteiger partial charge in [-0.3, -0.25) is 0 Å². The number of rotatable bonds is 8. The fraction of sp³-hybridized carbons (Fsp3) is 0.565. The van der Waals surface area contributed by atoms with E-state index in [1.165, 1.54) is 6.07 Å². The fourth-order valence-corrected chi connectivity index (χ4v) is 6.29. The van der Waals surface area contributed by atoms with Gasteiger partial charge >= 0.3 is 6.36 Å². The lowest BCUT2D eigenvalue weighted by Crippen LogP contribution is -2.39. The first kappa shape index (κ1) is 24.3. The van der Waals surface area contributed by atoms with Gasteiger partial charge in [0.1, 0.15) is 22.8 Å². The van der Waals surface area contributed by atoms with E-state index >= 15 is 0 Å². The maximum Gasteiger partial charge on any atom is 0.573 e. The molecule has 3 aromatic rings. The zero-order chi connectivity index (χ0) is 25.8. The second-order valence-electron chi connectivity index (χ2n) is 9.95. The van der Waals surface area contributed by atoms with Gasteiger partial charge in [-0.15, -0.1) is 23.4 Å². The molecule has 0 radical (unpaired) electrons. The molecule has 0 bridgehead atoms. The average Bonchev–Trinajstić information content (AvgIpc) is 3.77. The number of alkyl halides is 3. The topological polar surface area (TPSA) is 125 Å². The molecule has 0 amide bonds. The summed E-state index contributed by atoms with van der Waals surface area (Å²) in [5, 5.41) is 12.1. The lowest BCUT2D eigenvalue weighted by molar-refractivity contribution is -0.275. The highest BCUT2D eigenvalue weighted by Gasteiger charge is 2.37. The minimum atomic E-state index is -5.09. The molecule has 1 aromatic carbocycles. The molecule has 3 aliphatic rings. The smallest absolute Gasteiger partial charge is 0.404 e. The molecule has 0 unspecified atom stereocenters. The van der Waals surface area contributed by atoms with Crippen molar-refractivity contribution >= 4 is 10.0 Å². The molecule has 3 saturated carbocycles.